The van der Waals surface area contributed by atoms with Crippen molar-refractivity contribution in [3.05, 3.63) is 0 Å². The first-order valence-electron chi connectivity index (χ1n) is 5.01. The number of carboxylic acid groups (broad SMARTS) is 1. The van der Waals surface area contributed by atoms with Gasteiger partial charge in [-0.3, -0.25) is 4.79 Å². The third-order valence-corrected chi connectivity index (χ3v) is 3.14. The summed E-state index contributed by atoms with van der Waals surface area (Å²) in [5.74, 6) is -1.32. The van der Waals surface area contributed by atoms with Gasteiger partial charge in [-0.2, -0.15) is 0 Å². The Balaban J connectivity index is 2.56. The van der Waals surface area contributed by atoms with Gasteiger partial charge in [0.1, 0.15) is 0 Å². The summed E-state index contributed by atoms with van der Waals surface area (Å²) in [7, 11) is 0. The van der Waals surface area contributed by atoms with Gasteiger partial charge in [-0.1, -0.05) is 0 Å². The summed E-state index contributed by atoms with van der Waals surface area (Å²) in [6, 6.07) is 0. The van der Waals surface area contributed by atoms with Crippen molar-refractivity contribution in [2.45, 2.75) is 44.8 Å². The number of aliphatic carboxylic acids is 1. The molecule has 82 valence electrons. The lowest BCUT2D eigenvalue weighted by molar-refractivity contribution is -0.153. The van der Waals surface area contributed by atoms with Crippen LogP contribution >= 0.6 is 0 Å². The van der Waals surface area contributed by atoms with Crippen LogP contribution in [0, 0.1) is 5.92 Å². The van der Waals surface area contributed by atoms with Crippen molar-refractivity contribution in [3.8, 4) is 0 Å². The molecular formula is C10H18O4. The van der Waals surface area contributed by atoms with Crippen molar-refractivity contribution in [3.63, 3.8) is 0 Å². The SMILES string of the molecule is CC(C(=O)O)C1(C)CCC(CCO)O1. The molecule has 1 fully saturated rings. The van der Waals surface area contributed by atoms with Crippen LogP contribution in [0.5, 0.6) is 0 Å². The molecule has 0 radical (unpaired) electrons. The zero-order valence-corrected chi connectivity index (χ0v) is 8.69. The Hall–Kier alpha value is -0.610. The predicted molar refractivity (Wildman–Crippen MR) is 51.0 cm³/mol. The van der Waals surface area contributed by atoms with Crippen LogP contribution in [-0.4, -0.2) is 34.5 Å². The average Bonchev–Trinajstić information content (AvgIpc) is 2.48. The summed E-state index contributed by atoms with van der Waals surface area (Å²) in [4.78, 5) is 10.8. The van der Waals surface area contributed by atoms with Crippen molar-refractivity contribution >= 4 is 5.97 Å². The summed E-state index contributed by atoms with van der Waals surface area (Å²) in [6.07, 6.45) is 2.22. The molecule has 4 heteroatoms. The van der Waals surface area contributed by atoms with E-state index in [1.807, 2.05) is 6.92 Å². The van der Waals surface area contributed by atoms with Crippen LogP contribution < -0.4 is 0 Å². The second kappa shape index (κ2) is 4.28. The summed E-state index contributed by atoms with van der Waals surface area (Å²) in [5, 5.41) is 17.6. The fourth-order valence-corrected chi connectivity index (χ4v) is 1.87. The van der Waals surface area contributed by atoms with Crippen LogP contribution in [0.15, 0.2) is 0 Å². The molecule has 0 aromatic carbocycles. The second-order valence-corrected chi connectivity index (χ2v) is 4.16. The van der Waals surface area contributed by atoms with E-state index in [1.54, 1.807) is 6.92 Å². The zero-order valence-electron chi connectivity index (χ0n) is 8.69. The molecule has 0 bridgehead atoms. The molecule has 0 aliphatic carbocycles. The summed E-state index contributed by atoms with van der Waals surface area (Å²) >= 11 is 0. The number of aliphatic hydroxyl groups excluding tert-OH is 1. The molecule has 0 saturated carbocycles. The van der Waals surface area contributed by atoms with Gasteiger partial charge in [0.2, 0.25) is 0 Å². The Bertz CT molecular complexity index is 216. The molecule has 1 heterocycles. The summed E-state index contributed by atoms with van der Waals surface area (Å²) < 4.78 is 5.67. The quantitative estimate of drug-likeness (QED) is 0.714. The molecule has 0 spiro atoms. The minimum atomic E-state index is -0.822. The normalized spacial score (nSPS) is 34.4. The molecule has 14 heavy (non-hydrogen) atoms. The van der Waals surface area contributed by atoms with Gasteiger partial charge in [-0.25, -0.2) is 0 Å². The van der Waals surface area contributed by atoms with Gasteiger partial charge in [-0.15, -0.1) is 0 Å². The van der Waals surface area contributed by atoms with Crippen LogP contribution in [0.3, 0.4) is 0 Å². The first-order chi connectivity index (χ1) is 6.49. The number of carbonyl (C=O) groups is 1. The van der Waals surface area contributed by atoms with E-state index in [1.165, 1.54) is 0 Å². The molecule has 3 atom stereocenters. The molecule has 1 aliphatic heterocycles. The zero-order chi connectivity index (χ0) is 10.8. The number of carboxylic acids is 1. The maximum Gasteiger partial charge on any atom is 0.309 e. The van der Waals surface area contributed by atoms with E-state index in [0.29, 0.717) is 6.42 Å². The predicted octanol–water partition coefficient (Wildman–Crippen LogP) is 1.03. The van der Waals surface area contributed by atoms with E-state index < -0.39 is 17.5 Å². The standard InChI is InChI=1S/C10H18O4/c1-7(9(12)13)10(2)5-3-8(14-10)4-6-11/h7-8,11H,3-6H2,1-2H3,(H,12,13). The Kier molecular flexibility index (Phi) is 3.50. The van der Waals surface area contributed by atoms with Crippen molar-refractivity contribution in [2.24, 2.45) is 5.92 Å². The maximum atomic E-state index is 10.8. The average molecular weight is 202 g/mol. The van der Waals surface area contributed by atoms with Crippen molar-refractivity contribution in [1.29, 1.82) is 0 Å². The first-order valence-corrected chi connectivity index (χ1v) is 5.01. The monoisotopic (exact) mass is 202 g/mol. The first kappa shape index (κ1) is 11.5. The molecule has 0 aromatic heterocycles. The minimum absolute atomic E-state index is 0.0202. The number of ether oxygens (including phenoxy) is 1. The van der Waals surface area contributed by atoms with Crippen LogP contribution in [0.25, 0.3) is 0 Å². The topological polar surface area (TPSA) is 66.8 Å². The van der Waals surface area contributed by atoms with Gasteiger partial charge in [0.25, 0.3) is 0 Å². The van der Waals surface area contributed by atoms with E-state index >= 15 is 0 Å². The van der Waals surface area contributed by atoms with E-state index in [4.69, 9.17) is 14.9 Å². The highest BCUT2D eigenvalue weighted by Crippen LogP contribution is 2.37. The molecule has 1 aliphatic rings. The Morgan fingerprint density at radius 2 is 2.36 bits per heavy atom. The van der Waals surface area contributed by atoms with Gasteiger partial charge in [-0.05, 0) is 33.1 Å². The molecule has 2 N–H and O–H groups in total. The van der Waals surface area contributed by atoms with Crippen molar-refractivity contribution in [2.75, 3.05) is 6.61 Å². The van der Waals surface area contributed by atoms with Crippen LogP contribution in [0.2, 0.25) is 0 Å². The second-order valence-electron chi connectivity index (χ2n) is 4.16. The Labute approximate surface area is 83.9 Å². The molecule has 4 nitrogen and oxygen atoms in total. The van der Waals surface area contributed by atoms with Gasteiger partial charge in [0.05, 0.1) is 17.6 Å². The lowest BCUT2D eigenvalue weighted by atomic mass is 9.88. The van der Waals surface area contributed by atoms with Crippen LogP contribution in [-0.2, 0) is 9.53 Å². The maximum absolute atomic E-state index is 10.8. The van der Waals surface area contributed by atoms with Gasteiger partial charge in [0.15, 0.2) is 0 Å². The number of hydrogen-bond acceptors (Lipinski definition) is 3. The number of rotatable bonds is 4. The third-order valence-electron chi connectivity index (χ3n) is 3.14. The lowest BCUT2D eigenvalue weighted by Gasteiger charge is -2.28. The largest absolute Gasteiger partial charge is 0.481 e. The fourth-order valence-electron chi connectivity index (χ4n) is 1.87. The highest BCUT2D eigenvalue weighted by molar-refractivity contribution is 5.71. The fraction of sp³-hybridized carbons (Fsp3) is 0.900. The number of aliphatic hydroxyl groups is 1. The summed E-state index contributed by atoms with van der Waals surface area (Å²) in [5.41, 5.74) is -0.564. The van der Waals surface area contributed by atoms with Crippen LogP contribution in [0.1, 0.15) is 33.1 Å². The molecule has 1 rings (SSSR count). The Morgan fingerprint density at radius 1 is 1.71 bits per heavy atom. The van der Waals surface area contributed by atoms with Crippen molar-refractivity contribution < 1.29 is 19.7 Å². The smallest absolute Gasteiger partial charge is 0.309 e. The van der Waals surface area contributed by atoms with Gasteiger partial charge >= 0.3 is 5.97 Å². The Morgan fingerprint density at radius 3 is 2.86 bits per heavy atom. The van der Waals surface area contributed by atoms with E-state index in [-0.39, 0.29) is 12.7 Å². The van der Waals surface area contributed by atoms with E-state index in [0.717, 1.165) is 12.8 Å². The molecule has 0 amide bonds. The van der Waals surface area contributed by atoms with Gasteiger partial charge < -0.3 is 14.9 Å². The molecule has 0 aromatic rings. The van der Waals surface area contributed by atoms with Crippen LogP contribution in [0.4, 0.5) is 0 Å². The third kappa shape index (κ3) is 2.25. The highest BCUT2D eigenvalue weighted by atomic mass is 16.5. The molecule has 1 saturated heterocycles. The van der Waals surface area contributed by atoms with Gasteiger partial charge in [0, 0.05) is 6.61 Å². The minimum Gasteiger partial charge on any atom is -0.481 e. The number of hydrogen-bond donors (Lipinski definition) is 2. The lowest BCUT2D eigenvalue weighted by Crippen LogP contribution is -2.38. The summed E-state index contributed by atoms with van der Waals surface area (Å²) in [6.45, 7) is 3.61. The van der Waals surface area contributed by atoms with E-state index in [9.17, 15) is 4.79 Å². The highest BCUT2D eigenvalue weighted by Gasteiger charge is 2.43. The van der Waals surface area contributed by atoms with E-state index in [2.05, 4.69) is 0 Å². The molecule has 3 unspecified atom stereocenters. The van der Waals surface area contributed by atoms with Crippen molar-refractivity contribution in [1.82, 2.24) is 0 Å². The molecular weight excluding hydrogens is 184 g/mol.